The van der Waals surface area contributed by atoms with E-state index in [4.69, 9.17) is 30.6 Å². The van der Waals surface area contributed by atoms with E-state index in [0.717, 1.165) is 0 Å². The van der Waals surface area contributed by atoms with Crippen molar-refractivity contribution in [1.29, 1.82) is 0 Å². The molecule has 0 heterocycles. The molecule has 0 bridgehead atoms. The van der Waals surface area contributed by atoms with Crippen LogP contribution in [0.25, 0.3) is 0 Å². The van der Waals surface area contributed by atoms with Crippen molar-refractivity contribution < 1.29 is 59.4 Å². The second kappa shape index (κ2) is 13.0. The molecule has 0 aromatic carbocycles. The number of carbonyl (C=O) groups excluding carboxylic acids is 2. The Kier molecular flexibility index (Phi) is 14.5. The number of hydrogen-bond donors (Lipinski definition) is 6. The van der Waals surface area contributed by atoms with E-state index in [2.05, 4.69) is 0 Å². The lowest BCUT2D eigenvalue weighted by Gasteiger charge is -2.35. The maximum Gasteiger partial charge on any atom is 0.189 e. The minimum atomic E-state index is -2.44. The lowest BCUT2D eigenvalue weighted by molar-refractivity contribution is -0.974. The van der Waals surface area contributed by atoms with E-state index in [1.165, 1.54) is 0 Å². The van der Waals surface area contributed by atoms with Gasteiger partial charge in [0.05, 0.1) is 40.1 Å². The van der Waals surface area contributed by atoms with Crippen LogP contribution in [0.3, 0.4) is 0 Å². The fourth-order valence-corrected chi connectivity index (χ4v) is 0.882. The number of carboxylic acids is 2. The van der Waals surface area contributed by atoms with Crippen molar-refractivity contribution in [3.63, 3.8) is 0 Å². The van der Waals surface area contributed by atoms with Crippen LogP contribution in [0, 0.1) is 0 Å². The van der Waals surface area contributed by atoms with Gasteiger partial charge in [-0.3, -0.25) is 8.97 Å². The first-order chi connectivity index (χ1) is 12.2. The minimum Gasteiger partial charge on any atom is -0.547 e. The molecule has 0 aliphatic carbocycles. The first-order valence-corrected chi connectivity index (χ1v) is 8.41. The molecule has 0 saturated carbocycles. The van der Waals surface area contributed by atoms with Crippen LogP contribution < -0.4 is 10.2 Å². The highest BCUT2D eigenvalue weighted by molar-refractivity contribution is 5.80. The maximum atomic E-state index is 9.63. The molecule has 0 aliphatic heterocycles. The molecular formula is C16H36N2O10. The molecule has 0 spiro atoms. The van der Waals surface area contributed by atoms with Crippen molar-refractivity contribution in [1.82, 2.24) is 0 Å². The van der Waals surface area contributed by atoms with E-state index in [1.807, 2.05) is 0 Å². The van der Waals surface area contributed by atoms with Gasteiger partial charge < -0.3 is 50.4 Å². The predicted octanol–water partition coefficient (Wildman–Crippen LogP) is -5.31. The average Bonchev–Trinajstić information content (AvgIpc) is 2.53. The summed E-state index contributed by atoms with van der Waals surface area (Å²) in [5.41, 5.74) is 0. The molecule has 6 atom stereocenters. The van der Waals surface area contributed by atoms with Gasteiger partial charge in [-0.2, -0.15) is 0 Å². The number of hydrogen-bond acceptors (Lipinski definition) is 10. The first kappa shape index (κ1) is 31.3. The van der Waals surface area contributed by atoms with Crippen molar-refractivity contribution in [3.8, 4) is 0 Å². The number of aliphatic carboxylic acids is 2. The molecule has 6 unspecified atom stereocenters. The third-order valence-corrected chi connectivity index (χ3v) is 4.63. The molecule has 0 radical (unpaired) electrons. The number of nitrogens with zero attached hydrogens (tertiary/aromatic N) is 2. The molecule has 170 valence electrons. The van der Waals surface area contributed by atoms with Gasteiger partial charge in [0.25, 0.3) is 0 Å². The summed E-state index contributed by atoms with van der Waals surface area (Å²) in [7, 11) is 7.09. The smallest absolute Gasteiger partial charge is 0.189 e. The normalized spacial score (nSPS) is 18.1. The monoisotopic (exact) mass is 416 g/mol. The molecule has 12 nitrogen and oxygen atoms in total. The molecular weight excluding hydrogens is 380 g/mol. The summed E-state index contributed by atoms with van der Waals surface area (Å²) in [5.74, 6) is -4.12. The Morgan fingerprint density at radius 3 is 0.750 bits per heavy atom. The number of aliphatic hydroxyl groups is 6. The van der Waals surface area contributed by atoms with Crippen LogP contribution in [0.15, 0.2) is 0 Å². The van der Waals surface area contributed by atoms with Crippen molar-refractivity contribution in [2.45, 2.75) is 64.8 Å². The highest BCUT2D eigenvalue weighted by Crippen LogP contribution is 2.07. The Balaban J connectivity index is -0.000000336. The van der Waals surface area contributed by atoms with E-state index in [1.54, 1.807) is 55.9 Å². The lowest BCUT2D eigenvalue weighted by Crippen LogP contribution is -2.53. The molecule has 0 aliphatic rings. The van der Waals surface area contributed by atoms with Gasteiger partial charge in [-0.15, -0.1) is 0 Å². The van der Waals surface area contributed by atoms with Crippen LogP contribution in [0.1, 0.15) is 27.7 Å². The summed E-state index contributed by atoms with van der Waals surface area (Å²) in [6, 6.07) is 0. The summed E-state index contributed by atoms with van der Waals surface area (Å²) >= 11 is 0. The molecule has 0 saturated heterocycles. The van der Waals surface area contributed by atoms with Crippen molar-refractivity contribution in [2.24, 2.45) is 0 Å². The van der Waals surface area contributed by atoms with Gasteiger partial charge in [0, 0.05) is 27.7 Å². The third kappa shape index (κ3) is 11.5. The quantitative estimate of drug-likeness (QED) is 0.172. The largest absolute Gasteiger partial charge is 0.547 e. The van der Waals surface area contributed by atoms with Crippen LogP contribution in [0.4, 0.5) is 0 Å². The standard InChI is InChI=1S/2C6H16NO2.C4H6O6/c2*1-5(8)7(3,4)6(2)9;5-1(3(7)8)2(6)4(9)10/h2*5-6,8-9H,1-4H3;1-2,5-6H,(H,7,8)(H,9,10)/q2*+1;/p-2. The summed E-state index contributed by atoms with van der Waals surface area (Å²) < 4.78 is 0.444. The molecule has 0 amide bonds. The Morgan fingerprint density at radius 1 is 0.571 bits per heavy atom. The van der Waals surface area contributed by atoms with Gasteiger partial charge in [-0.1, -0.05) is 0 Å². The van der Waals surface area contributed by atoms with Gasteiger partial charge in [0.1, 0.15) is 12.2 Å². The van der Waals surface area contributed by atoms with Gasteiger partial charge in [-0.25, -0.2) is 0 Å². The molecule has 0 fully saturated rings. The Bertz CT molecular complexity index is 402. The maximum absolute atomic E-state index is 9.63. The SMILES string of the molecule is CC(O)[N+](C)(C)C(C)O.CC(O)[N+](C)(C)C(C)O.O=C([O-])C(O)C(O)C(=O)[O-]. The fraction of sp³-hybridized carbons (Fsp3) is 0.875. The third-order valence-electron chi connectivity index (χ3n) is 4.63. The van der Waals surface area contributed by atoms with Gasteiger partial charge >= 0.3 is 0 Å². The number of rotatable bonds is 7. The zero-order valence-corrected chi connectivity index (χ0v) is 17.7. The molecule has 0 aromatic heterocycles. The summed E-state index contributed by atoms with van der Waals surface area (Å²) in [6.45, 7) is 6.64. The highest BCUT2D eigenvalue weighted by atomic mass is 16.4. The zero-order chi connectivity index (χ0) is 23.6. The van der Waals surface area contributed by atoms with E-state index < -0.39 is 49.1 Å². The van der Waals surface area contributed by atoms with Crippen molar-refractivity contribution in [2.75, 3.05) is 28.2 Å². The topological polar surface area (TPSA) is 202 Å². The first-order valence-electron chi connectivity index (χ1n) is 8.41. The van der Waals surface area contributed by atoms with E-state index in [0.29, 0.717) is 0 Å². The number of carboxylic acid groups (broad SMARTS) is 2. The van der Waals surface area contributed by atoms with Crippen molar-refractivity contribution >= 4 is 11.9 Å². The molecule has 12 heteroatoms. The highest BCUT2D eigenvalue weighted by Gasteiger charge is 2.27. The summed E-state index contributed by atoms with van der Waals surface area (Å²) in [4.78, 5) is 19.3. The second-order valence-corrected chi connectivity index (χ2v) is 7.31. The van der Waals surface area contributed by atoms with E-state index in [9.17, 15) is 19.8 Å². The molecule has 6 N–H and O–H groups in total. The molecule has 0 aromatic rings. The van der Waals surface area contributed by atoms with Crippen LogP contribution in [0.5, 0.6) is 0 Å². The Labute approximate surface area is 165 Å². The van der Waals surface area contributed by atoms with Gasteiger partial charge in [0.2, 0.25) is 0 Å². The average molecular weight is 416 g/mol. The zero-order valence-electron chi connectivity index (χ0n) is 17.7. The minimum absolute atomic E-state index is 0.222. The molecule has 0 rings (SSSR count). The summed E-state index contributed by atoms with van der Waals surface area (Å²) in [6.07, 6.45) is -6.97. The van der Waals surface area contributed by atoms with Gasteiger partial charge in [-0.05, 0) is 0 Å². The second-order valence-electron chi connectivity index (χ2n) is 7.31. The van der Waals surface area contributed by atoms with Gasteiger partial charge in [0.15, 0.2) is 24.9 Å². The number of quaternary nitrogens is 2. The van der Waals surface area contributed by atoms with Crippen LogP contribution in [0.2, 0.25) is 0 Å². The molecule has 28 heavy (non-hydrogen) atoms. The Morgan fingerprint density at radius 2 is 0.714 bits per heavy atom. The number of aliphatic hydroxyl groups excluding tert-OH is 6. The van der Waals surface area contributed by atoms with E-state index in [-0.39, 0.29) is 8.97 Å². The summed E-state index contributed by atoms with van der Waals surface area (Å²) in [5, 5.41) is 72.0. The lowest BCUT2D eigenvalue weighted by atomic mass is 10.2. The van der Waals surface area contributed by atoms with Crippen LogP contribution in [-0.4, -0.2) is 117 Å². The van der Waals surface area contributed by atoms with Crippen LogP contribution in [-0.2, 0) is 9.59 Å². The Hall–Kier alpha value is -1.38. The fourth-order valence-electron chi connectivity index (χ4n) is 0.882. The predicted molar refractivity (Wildman–Crippen MR) is 93.0 cm³/mol. The van der Waals surface area contributed by atoms with Crippen LogP contribution >= 0.6 is 0 Å². The number of carbonyl (C=O) groups is 2. The van der Waals surface area contributed by atoms with E-state index >= 15 is 0 Å². The van der Waals surface area contributed by atoms with Crippen molar-refractivity contribution in [3.05, 3.63) is 0 Å².